The van der Waals surface area contributed by atoms with Gasteiger partial charge in [-0.2, -0.15) is 0 Å². The van der Waals surface area contributed by atoms with Crippen LogP contribution in [0.4, 0.5) is 5.69 Å². The van der Waals surface area contributed by atoms with Gasteiger partial charge in [0.2, 0.25) is 5.91 Å². The molecular formula is C20H20ClN3OS2. The monoisotopic (exact) mass is 417 g/mol. The predicted octanol–water partition coefficient (Wildman–Crippen LogP) is 5.57. The largest absolute Gasteiger partial charge is 0.325 e. The van der Waals surface area contributed by atoms with Crippen molar-refractivity contribution in [3.8, 4) is 0 Å². The molecule has 140 valence electrons. The topological polar surface area (TPSA) is 54.9 Å². The molecule has 0 radical (unpaired) electrons. The van der Waals surface area contributed by atoms with Crippen molar-refractivity contribution in [1.29, 1.82) is 0 Å². The van der Waals surface area contributed by atoms with Crippen molar-refractivity contribution in [2.45, 2.75) is 44.6 Å². The normalized spacial score (nSPS) is 13.6. The number of carbonyl (C=O) groups is 1. The summed E-state index contributed by atoms with van der Waals surface area (Å²) in [5.41, 5.74) is 3.14. The van der Waals surface area contributed by atoms with E-state index in [9.17, 15) is 4.79 Å². The fourth-order valence-corrected chi connectivity index (χ4v) is 5.82. The van der Waals surface area contributed by atoms with Crippen molar-refractivity contribution in [2.75, 3.05) is 11.1 Å². The van der Waals surface area contributed by atoms with Crippen LogP contribution in [0.1, 0.15) is 34.7 Å². The lowest BCUT2D eigenvalue weighted by molar-refractivity contribution is -0.113. The fraction of sp³-hybridized carbons (Fsp3) is 0.350. The summed E-state index contributed by atoms with van der Waals surface area (Å²) in [7, 11) is 0. The molecule has 0 atom stereocenters. The SMILES string of the molecule is Cc1nc(SCC(=O)Nc2cc(Cl)ccc2C)c2c3c(sc2n1)CCCC3. The molecule has 7 heteroatoms. The number of carbonyl (C=O) groups excluding carboxylic acids is 1. The van der Waals surface area contributed by atoms with Crippen LogP contribution in [0.2, 0.25) is 5.02 Å². The van der Waals surface area contributed by atoms with Gasteiger partial charge < -0.3 is 5.32 Å². The van der Waals surface area contributed by atoms with Crippen LogP contribution in [0.3, 0.4) is 0 Å². The van der Waals surface area contributed by atoms with Crippen LogP contribution in [-0.4, -0.2) is 21.6 Å². The van der Waals surface area contributed by atoms with Gasteiger partial charge in [0.1, 0.15) is 15.7 Å². The fourth-order valence-electron chi connectivity index (χ4n) is 3.38. The Hall–Kier alpha value is -1.63. The van der Waals surface area contributed by atoms with E-state index >= 15 is 0 Å². The summed E-state index contributed by atoms with van der Waals surface area (Å²) >= 11 is 9.32. The second kappa shape index (κ2) is 7.78. The average molecular weight is 418 g/mol. The van der Waals surface area contributed by atoms with Gasteiger partial charge in [0.15, 0.2) is 0 Å². The van der Waals surface area contributed by atoms with Crippen molar-refractivity contribution in [1.82, 2.24) is 9.97 Å². The molecule has 0 spiro atoms. The number of nitrogens with one attached hydrogen (secondary N) is 1. The number of nitrogens with zero attached hydrogens (tertiary/aromatic N) is 2. The molecule has 0 unspecified atom stereocenters. The lowest BCUT2D eigenvalue weighted by Crippen LogP contribution is -2.15. The minimum Gasteiger partial charge on any atom is -0.325 e. The lowest BCUT2D eigenvalue weighted by atomic mass is 9.97. The number of aryl methyl sites for hydroxylation is 4. The van der Waals surface area contributed by atoms with Gasteiger partial charge in [0, 0.05) is 21.0 Å². The number of benzene rings is 1. The third-order valence-electron chi connectivity index (χ3n) is 4.71. The summed E-state index contributed by atoms with van der Waals surface area (Å²) in [6.07, 6.45) is 4.68. The van der Waals surface area contributed by atoms with E-state index in [2.05, 4.69) is 15.3 Å². The van der Waals surface area contributed by atoms with Crippen LogP contribution < -0.4 is 5.32 Å². The van der Waals surface area contributed by atoms with Crippen molar-refractivity contribution in [2.24, 2.45) is 0 Å². The zero-order valence-corrected chi connectivity index (χ0v) is 17.7. The number of hydrogen-bond donors (Lipinski definition) is 1. The Morgan fingerprint density at radius 2 is 2.07 bits per heavy atom. The number of thioether (sulfide) groups is 1. The van der Waals surface area contributed by atoms with Crippen molar-refractivity contribution >= 4 is 56.5 Å². The summed E-state index contributed by atoms with van der Waals surface area (Å²) in [5, 5.41) is 5.66. The zero-order valence-electron chi connectivity index (χ0n) is 15.3. The van der Waals surface area contributed by atoms with Gasteiger partial charge in [-0.15, -0.1) is 11.3 Å². The number of fused-ring (bicyclic) bond motifs is 3. The summed E-state index contributed by atoms with van der Waals surface area (Å²) in [6.45, 7) is 3.87. The first-order valence-corrected chi connectivity index (χ1v) is 11.2. The molecule has 0 aliphatic heterocycles. The molecule has 1 aliphatic rings. The van der Waals surface area contributed by atoms with E-state index in [1.54, 1.807) is 17.4 Å². The molecule has 0 saturated heterocycles. The summed E-state index contributed by atoms with van der Waals surface area (Å²) < 4.78 is 0. The second-order valence-corrected chi connectivity index (χ2v) is 9.25. The van der Waals surface area contributed by atoms with Crippen molar-refractivity contribution < 1.29 is 4.79 Å². The highest BCUT2D eigenvalue weighted by Crippen LogP contribution is 2.39. The molecular weight excluding hydrogens is 398 g/mol. The number of thiophene rings is 1. The zero-order chi connectivity index (χ0) is 19.0. The van der Waals surface area contributed by atoms with Gasteiger partial charge >= 0.3 is 0 Å². The molecule has 3 aromatic rings. The molecule has 4 nitrogen and oxygen atoms in total. The predicted molar refractivity (Wildman–Crippen MR) is 114 cm³/mol. The summed E-state index contributed by atoms with van der Waals surface area (Å²) in [4.78, 5) is 24.3. The maximum atomic E-state index is 12.5. The lowest BCUT2D eigenvalue weighted by Gasteiger charge is -2.12. The quantitative estimate of drug-likeness (QED) is 0.445. The molecule has 1 aliphatic carbocycles. The van der Waals surface area contributed by atoms with Gasteiger partial charge in [-0.05, 0) is 62.8 Å². The standard InChI is InChI=1S/C20H20ClN3OS2/c1-11-7-8-13(21)9-15(11)24-17(25)10-26-19-18-14-5-3-4-6-16(14)27-20(18)23-12(2)22-19/h7-9H,3-6,10H2,1-2H3,(H,24,25). The Morgan fingerprint density at radius 3 is 2.93 bits per heavy atom. The van der Waals surface area contributed by atoms with Crippen molar-refractivity contribution in [3.63, 3.8) is 0 Å². The Balaban J connectivity index is 1.55. The molecule has 0 fully saturated rings. The number of anilines is 1. The molecule has 1 amide bonds. The smallest absolute Gasteiger partial charge is 0.234 e. The van der Waals surface area contributed by atoms with E-state index in [1.807, 2.05) is 26.0 Å². The van der Waals surface area contributed by atoms with Crippen LogP contribution in [0.15, 0.2) is 23.2 Å². The van der Waals surface area contributed by atoms with Gasteiger partial charge in [0.05, 0.1) is 5.75 Å². The molecule has 0 saturated carbocycles. The van der Waals surface area contributed by atoms with Gasteiger partial charge in [-0.1, -0.05) is 29.4 Å². The van der Waals surface area contributed by atoms with E-state index in [0.29, 0.717) is 10.8 Å². The van der Waals surface area contributed by atoms with E-state index in [0.717, 1.165) is 45.2 Å². The van der Waals surface area contributed by atoms with Crippen LogP contribution in [-0.2, 0) is 17.6 Å². The number of amides is 1. The first-order chi connectivity index (χ1) is 13.0. The number of halogens is 1. The van der Waals surface area contributed by atoms with E-state index in [4.69, 9.17) is 11.6 Å². The van der Waals surface area contributed by atoms with Crippen molar-refractivity contribution in [3.05, 3.63) is 45.1 Å². The highest BCUT2D eigenvalue weighted by Gasteiger charge is 2.21. The van der Waals surface area contributed by atoms with Gasteiger partial charge in [-0.25, -0.2) is 9.97 Å². The Labute approximate surface area is 171 Å². The highest BCUT2D eigenvalue weighted by atomic mass is 35.5. The molecule has 2 heterocycles. The van der Waals surface area contributed by atoms with Gasteiger partial charge in [-0.3, -0.25) is 4.79 Å². The number of aromatic nitrogens is 2. The van der Waals surface area contributed by atoms with Crippen LogP contribution in [0.5, 0.6) is 0 Å². The van der Waals surface area contributed by atoms with E-state index in [-0.39, 0.29) is 5.91 Å². The van der Waals surface area contributed by atoms with Crippen LogP contribution in [0, 0.1) is 13.8 Å². The average Bonchev–Trinajstić information content (AvgIpc) is 3.01. The number of hydrogen-bond acceptors (Lipinski definition) is 5. The third-order valence-corrected chi connectivity index (χ3v) is 7.10. The summed E-state index contributed by atoms with van der Waals surface area (Å²) in [6, 6.07) is 5.50. The second-order valence-electron chi connectivity index (χ2n) is 6.76. The summed E-state index contributed by atoms with van der Waals surface area (Å²) in [5.74, 6) is 1.01. The number of rotatable bonds is 4. The molecule has 1 aromatic carbocycles. The van der Waals surface area contributed by atoms with Gasteiger partial charge in [0.25, 0.3) is 0 Å². The van der Waals surface area contributed by atoms with Crippen LogP contribution in [0.25, 0.3) is 10.2 Å². The maximum Gasteiger partial charge on any atom is 0.234 e. The minimum absolute atomic E-state index is 0.0566. The molecule has 1 N–H and O–H groups in total. The first kappa shape index (κ1) is 18.7. The van der Waals surface area contributed by atoms with E-state index < -0.39 is 0 Å². The Kier molecular flexibility index (Phi) is 5.39. The molecule has 2 aromatic heterocycles. The third kappa shape index (κ3) is 3.98. The highest BCUT2D eigenvalue weighted by molar-refractivity contribution is 8.00. The maximum absolute atomic E-state index is 12.5. The van der Waals surface area contributed by atoms with Crippen LogP contribution >= 0.6 is 34.7 Å². The molecule has 27 heavy (non-hydrogen) atoms. The molecule has 4 rings (SSSR count). The Bertz CT molecular complexity index is 1030. The minimum atomic E-state index is -0.0566. The Morgan fingerprint density at radius 1 is 1.26 bits per heavy atom. The first-order valence-electron chi connectivity index (χ1n) is 8.99. The van der Waals surface area contributed by atoms with E-state index in [1.165, 1.54) is 35.0 Å². The molecule has 0 bridgehead atoms.